The van der Waals surface area contributed by atoms with Crippen LogP contribution in [0, 0.1) is 6.92 Å². The first-order valence-corrected chi connectivity index (χ1v) is 10.6. The number of carbonyl (C=O) groups excluding carboxylic acids is 2. The van der Waals surface area contributed by atoms with E-state index < -0.39 is 0 Å². The maximum absolute atomic E-state index is 12.8. The van der Waals surface area contributed by atoms with E-state index in [0.717, 1.165) is 40.7 Å². The monoisotopic (exact) mass is 436 g/mol. The first kappa shape index (κ1) is 20.6. The molecule has 0 spiro atoms. The maximum Gasteiger partial charge on any atom is 0.276 e. The summed E-state index contributed by atoms with van der Waals surface area (Å²) in [4.78, 5) is 36.3. The molecule has 0 bridgehead atoms. The fourth-order valence-corrected chi connectivity index (χ4v) is 3.66. The van der Waals surface area contributed by atoms with Crippen LogP contribution >= 0.6 is 0 Å². The minimum Gasteiger partial charge on any atom is -0.321 e. The van der Waals surface area contributed by atoms with Gasteiger partial charge in [-0.1, -0.05) is 6.07 Å². The first-order valence-electron chi connectivity index (χ1n) is 10.6. The van der Waals surface area contributed by atoms with Crippen molar-refractivity contribution < 1.29 is 9.59 Å². The molecule has 5 rings (SSSR count). The van der Waals surface area contributed by atoms with E-state index in [1.165, 1.54) is 6.33 Å². The zero-order chi connectivity index (χ0) is 22.8. The molecule has 0 saturated heterocycles. The Morgan fingerprint density at radius 2 is 1.88 bits per heavy atom. The minimum absolute atomic E-state index is 0.297. The van der Waals surface area contributed by atoms with Crippen molar-refractivity contribution >= 4 is 17.9 Å². The molecule has 3 heterocycles. The highest BCUT2D eigenvalue weighted by Crippen LogP contribution is 2.39. The van der Waals surface area contributed by atoms with E-state index in [1.807, 2.05) is 37.3 Å². The Morgan fingerprint density at radius 3 is 2.70 bits per heavy atom. The summed E-state index contributed by atoms with van der Waals surface area (Å²) in [5.41, 5.74) is 6.50. The highest BCUT2D eigenvalue weighted by molar-refractivity contribution is 6.03. The molecule has 0 radical (unpaired) electrons. The fourth-order valence-electron chi connectivity index (χ4n) is 3.66. The van der Waals surface area contributed by atoms with Crippen LogP contribution in [0.3, 0.4) is 0 Å². The number of aryl methyl sites for hydroxylation is 1. The number of carbonyl (C=O) groups is 2. The summed E-state index contributed by atoms with van der Waals surface area (Å²) in [5, 5.41) is 10.9. The molecule has 1 aliphatic carbocycles. The van der Waals surface area contributed by atoms with Gasteiger partial charge in [-0.25, -0.2) is 9.97 Å². The molecule has 33 heavy (non-hydrogen) atoms. The predicted octanol–water partition coefficient (Wildman–Crippen LogP) is 4.25. The third-order valence-electron chi connectivity index (χ3n) is 5.61. The van der Waals surface area contributed by atoms with E-state index in [9.17, 15) is 9.59 Å². The summed E-state index contributed by atoms with van der Waals surface area (Å²) in [5.74, 6) is 0.198. The average Bonchev–Trinajstić information content (AvgIpc) is 3.71. The zero-order valence-electron chi connectivity index (χ0n) is 17.9. The second-order valence-electron chi connectivity index (χ2n) is 8.04. The van der Waals surface area contributed by atoms with E-state index in [2.05, 4.69) is 30.5 Å². The van der Waals surface area contributed by atoms with Crippen LogP contribution in [0.4, 0.5) is 5.69 Å². The summed E-state index contributed by atoms with van der Waals surface area (Å²) < 4.78 is 0. The Morgan fingerprint density at radius 1 is 1.03 bits per heavy atom. The third-order valence-corrected chi connectivity index (χ3v) is 5.61. The molecule has 1 saturated carbocycles. The summed E-state index contributed by atoms with van der Waals surface area (Å²) in [7, 11) is 0. The number of aldehydes is 1. The molecule has 1 amide bonds. The standard InChI is InChI=1S/C25H20N6O2/c1-15-2-5-20(30-25(33)24-7-17(12-29-31-24)16-3-4-16)8-22(15)18-6-19(11-26-10-18)23-9-21(13-32)27-14-28-23/h2,5-14,16H,3-4H2,1H3,(H,30,33). The Balaban J connectivity index is 1.42. The van der Waals surface area contributed by atoms with Crippen molar-refractivity contribution in [1.29, 1.82) is 0 Å². The Kier molecular flexibility index (Phi) is 5.40. The van der Waals surface area contributed by atoms with Crippen LogP contribution in [-0.4, -0.2) is 37.3 Å². The Labute approximate surface area is 190 Å². The van der Waals surface area contributed by atoms with Gasteiger partial charge in [0.25, 0.3) is 5.91 Å². The van der Waals surface area contributed by atoms with Crippen LogP contribution in [0.25, 0.3) is 22.4 Å². The highest BCUT2D eigenvalue weighted by atomic mass is 16.2. The number of hydrogen-bond acceptors (Lipinski definition) is 7. The lowest BCUT2D eigenvalue weighted by atomic mass is 9.99. The number of nitrogens with one attached hydrogen (secondary N) is 1. The lowest BCUT2D eigenvalue weighted by Gasteiger charge is -2.11. The maximum atomic E-state index is 12.8. The molecule has 1 fully saturated rings. The van der Waals surface area contributed by atoms with Crippen LogP contribution in [0.15, 0.2) is 61.3 Å². The molecule has 8 heteroatoms. The van der Waals surface area contributed by atoms with Crippen molar-refractivity contribution in [3.63, 3.8) is 0 Å². The van der Waals surface area contributed by atoms with Crippen molar-refractivity contribution in [3.8, 4) is 22.4 Å². The number of rotatable bonds is 6. The molecular weight excluding hydrogens is 416 g/mol. The van der Waals surface area contributed by atoms with Crippen LogP contribution < -0.4 is 5.32 Å². The topological polar surface area (TPSA) is 111 Å². The van der Waals surface area contributed by atoms with Gasteiger partial charge in [0.05, 0.1) is 11.9 Å². The van der Waals surface area contributed by atoms with E-state index in [1.54, 1.807) is 24.7 Å². The predicted molar refractivity (Wildman–Crippen MR) is 123 cm³/mol. The lowest BCUT2D eigenvalue weighted by molar-refractivity contribution is 0.102. The van der Waals surface area contributed by atoms with Gasteiger partial charge in [-0.05, 0) is 72.7 Å². The molecule has 1 aliphatic rings. The molecule has 0 atom stereocenters. The van der Waals surface area contributed by atoms with Gasteiger partial charge in [-0.3, -0.25) is 14.6 Å². The largest absolute Gasteiger partial charge is 0.321 e. The summed E-state index contributed by atoms with van der Waals surface area (Å²) >= 11 is 0. The number of hydrogen-bond donors (Lipinski definition) is 1. The molecule has 0 unspecified atom stereocenters. The van der Waals surface area contributed by atoms with E-state index in [4.69, 9.17) is 0 Å². The number of aromatic nitrogens is 5. The lowest BCUT2D eigenvalue weighted by Crippen LogP contribution is -2.14. The van der Waals surface area contributed by atoms with Crippen molar-refractivity contribution in [2.45, 2.75) is 25.7 Å². The van der Waals surface area contributed by atoms with Gasteiger partial charge in [0, 0.05) is 29.2 Å². The molecule has 8 nitrogen and oxygen atoms in total. The first-order chi connectivity index (χ1) is 16.1. The van der Waals surface area contributed by atoms with Gasteiger partial charge in [0.1, 0.15) is 12.0 Å². The second kappa shape index (κ2) is 8.66. The molecule has 1 aromatic carbocycles. The van der Waals surface area contributed by atoms with E-state index in [0.29, 0.717) is 35.0 Å². The van der Waals surface area contributed by atoms with Crippen LogP contribution in [0.2, 0.25) is 0 Å². The van der Waals surface area contributed by atoms with Gasteiger partial charge in [0.2, 0.25) is 0 Å². The van der Waals surface area contributed by atoms with E-state index >= 15 is 0 Å². The van der Waals surface area contributed by atoms with Gasteiger partial charge in [0.15, 0.2) is 12.0 Å². The van der Waals surface area contributed by atoms with Gasteiger partial charge in [-0.2, -0.15) is 5.10 Å². The Bertz CT molecular complexity index is 1370. The molecule has 4 aromatic rings. The zero-order valence-corrected chi connectivity index (χ0v) is 17.9. The number of amides is 1. The third kappa shape index (κ3) is 4.50. The smallest absolute Gasteiger partial charge is 0.276 e. The van der Waals surface area contributed by atoms with E-state index in [-0.39, 0.29) is 5.91 Å². The summed E-state index contributed by atoms with van der Waals surface area (Å²) in [6.45, 7) is 1.99. The SMILES string of the molecule is Cc1ccc(NC(=O)c2cc(C3CC3)cnn2)cc1-c1cncc(-c2cc(C=O)ncn2)c1. The van der Waals surface area contributed by atoms with Crippen LogP contribution in [0.5, 0.6) is 0 Å². The van der Waals surface area contributed by atoms with Gasteiger partial charge >= 0.3 is 0 Å². The fraction of sp³-hybridized carbons (Fsp3) is 0.160. The number of nitrogens with zero attached hydrogens (tertiary/aromatic N) is 5. The Hall–Kier alpha value is -4.33. The minimum atomic E-state index is -0.297. The quantitative estimate of drug-likeness (QED) is 0.450. The molecular formula is C25H20N6O2. The average molecular weight is 436 g/mol. The van der Waals surface area contributed by atoms with Crippen molar-refractivity contribution in [2.24, 2.45) is 0 Å². The second-order valence-corrected chi connectivity index (χ2v) is 8.04. The summed E-state index contributed by atoms with van der Waals surface area (Å²) in [6, 6.07) is 11.1. The molecule has 1 N–H and O–H groups in total. The molecule has 0 aliphatic heterocycles. The number of benzene rings is 1. The number of pyridine rings is 1. The summed E-state index contributed by atoms with van der Waals surface area (Å²) in [6.07, 6.45) is 9.47. The van der Waals surface area contributed by atoms with Crippen molar-refractivity contribution in [2.75, 3.05) is 5.32 Å². The van der Waals surface area contributed by atoms with Gasteiger partial charge in [-0.15, -0.1) is 5.10 Å². The normalized spacial score (nSPS) is 12.9. The van der Waals surface area contributed by atoms with Crippen molar-refractivity contribution in [1.82, 2.24) is 25.1 Å². The number of anilines is 1. The van der Waals surface area contributed by atoms with Crippen molar-refractivity contribution in [3.05, 3.63) is 83.8 Å². The van der Waals surface area contributed by atoms with Gasteiger partial charge < -0.3 is 5.32 Å². The van der Waals surface area contributed by atoms with Crippen LogP contribution in [-0.2, 0) is 0 Å². The van der Waals surface area contributed by atoms with Crippen LogP contribution in [0.1, 0.15) is 50.9 Å². The highest BCUT2D eigenvalue weighted by Gasteiger charge is 2.25. The molecule has 162 valence electrons. The molecule has 3 aromatic heterocycles.